The van der Waals surface area contributed by atoms with E-state index in [4.69, 9.17) is 5.73 Å². The molecule has 7 heteroatoms. The van der Waals surface area contributed by atoms with E-state index in [1.54, 1.807) is 0 Å². The quantitative estimate of drug-likeness (QED) is 0.642. The molecule has 0 aliphatic heterocycles. The van der Waals surface area contributed by atoms with Gasteiger partial charge in [-0.2, -0.15) is 5.10 Å². The van der Waals surface area contributed by atoms with Gasteiger partial charge >= 0.3 is 0 Å². The third kappa shape index (κ3) is 2.44. The van der Waals surface area contributed by atoms with Crippen molar-refractivity contribution in [3.63, 3.8) is 0 Å². The van der Waals surface area contributed by atoms with Crippen LogP contribution >= 0.6 is 0 Å². The second-order valence-electron chi connectivity index (χ2n) is 4.06. The molecule has 4 N–H and O–H groups in total. The van der Waals surface area contributed by atoms with Gasteiger partial charge in [0.2, 0.25) is 0 Å². The van der Waals surface area contributed by atoms with Crippen molar-refractivity contribution in [3.8, 4) is 0 Å². The van der Waals surface area contributed by atoms with Crippen LogP contribution in [-0.4, -0.2) is 31.7 Å². The van der Waals surface area contributed by atoms with E-state index in [9.17, 15) is 0 Å². The molecule has 2 aromatic heterocycles. The number of anilines is 2. The number of nitrogen functional groups attached to an aromatic ring is 1. The molecule has 0 radical (unpaired) electrons. The minimum Gasteiger partial charge on any atom is -0.381 e. The van der Waals surface area contributed by atoms with Crippen molar-refractivity contribution >= 4 is 22.7 Å². The van der Waals surface area contributed by atoms with E-state index >= 15 is 0 Å². The lowest BCUT2D eigenvalue weighted by molar-refractivity contribution is 0.897. The molecule has 19 heavy (non-hydrogen) atoms. The summed E-state index contributed by atoms with van der Waals surface area (Å²) in [7, 11) is 0. The van der Waals surface area contributed by atoms with Crippen LogP contribution in [-0.2, 0) is 6.42 Å². The van der Waals surface area contributed by atoms with E-state index in [1.807, 2.05) is 24.3 Å². The van der Waals surface area contributed by atoms with Gasteiger partial charge in [0.25, 0.3) is 0 Å². The number of H-pyrrole nitrogens is 1. The van der Waals surface area contributed by atoms with Crippen LogP contribution in [0.15, 0.2) is 30.6 Å². The fourth-order valence-electron chi connectivity index (χ4n) is 1.79. The van der Waals surface area contributed by atoms with Gasteiger partial charge in [-0.1, -0.05) is 12.1 Å². The standard InChI is InChI=1S/C12H13N7/c13-11-12(14-6-5-10-15-7-16-19-10)18-9-4-2-1-3-8(9)17-11/h1-4,7H,5-6H2,(H2,13,17)(H,14,18)(H,15,16,19). The number of rotatable bonds is 4. The molecule has 0 aliphatic carbocycles. The topological polar surface area (TPSA) is 105 Å². The summed E-state index contributed by atoms with van der Waals surface area (Å²) in [5, 5.41) is 9.75. The van der Waals surface area contributed by atoms with Crippen molar-refractivity contribution in [2.45, 2.75) is 6.42 Å². The Morgan fingerprint density at radius 1 is 1.16 bits per heavy atom. The number of fused-ring (bicyclic) bond motifs is 1. The number of nitrogens with zero attached hydrogens (tertiary/aromatic N) is 4. The Morgan fingerprint density at radius 2 is 1.95 bits per heavy atom. The molecule has 3 rings (SSSR count). The molecule has 0 aliphatic rings. The van der Waals surface area contributed by atoms with E-state index in [-0.39, 0.29) is 0 Å². The van der Waals surface area contributed by atoms with Crippen molar-refractivity contribution in [1.82, 2.24) is 25.1 Å². The maximum Gasteiger partial charge on any atom is 0.169 e. The summed E-state index contributed by atoms with van der Waals surface area (Å²) in [5.41, 5.74) is 7.48. The highest BCUT2D eigenvalue weighted by molar-refractivity contribution is 5.79. The first-order valence-electron chi connectivity index (χ1n) is 5.93. The minimum atomic E-state index is 0.399. The lowest BCUT2D eigenvalue weighted by atomic mass is 10.3. The molecule has 2 heterocycles. The highest BCUT2D eigenvalue weighted by Gasteiger charge is 2.05. The summed E-state index contributed by atoms with van der Waals surface area (Å²) in [5.74, 6) is 1.81. The summed E-state index contributed by atoms with van der Waals surface area (Å²) in [6, 6.07) is 7.62. The molecule has 0 bridgehead atoms. The molecule has 1 aromatic carbocycles. The van der Waals surface area contributed by atoms with Crippen LogP contribution in [0.4, 0.5) is 11.6 Å². The number of benzene rings is 1. The van der Waals surface area contributed by atoms with E-state index in [0.717, 1.165) is 16.9 Å². The molecule has 0 amide bonds. The van der Waals surface area contributed by atoms with Gasteiger partial charge in [-0.05, 0) is 12.1 Å². The Morgan fingerprint density at radius 3 is 2.68 bits per heavy atom. The first-order chi connectivity index (χ1) is 9.33. The number of aromatic nitrogens is 5. The third-order valence-electron chi connectivity index (χ3n) is 2.72. The molecule has 0 unspecified atom stereocenters. The van der Waals surface area contributed by atoms with Gasteiger partial charge in [-0.3, -0.25) is 5.10 Å². The molecular formula is C12H13N7. The van der Waals surface area contributed by atoms with E-state index < -0.39 is 0 Å². The molecule has 0 atom stereocenters. The monoisotopic (exact) mass is 255 g/mol. The zero-order valence-corrected chi connectivity index (χ0v) is 10.2. The zero-order chi connectivity index (χ0) is 13.1. The van der Waals surface area contributed by atoms with E-state index in [2.05, 4.69) is 30.5 Å². The minimum absolute atomic E-state index is 0.399. The molecule has 0 spiro atoms. The average Bonchev–Trinajstić information content (AvgIpc) is 2.92. The van der Waals surface area contributed by atoms with Gasteiger partial charge in [0.1, 0.15) is 12.2 Å². The Bertz CT molecular complexity index is 678. The molecule has 7 nitrogen and oxygen atoms in total. The van der Waals surface area contributed by atoms with Crippen molar-refractivity contribution in [3.05, 3.63) is 36.4 Å². The lowest BCUT2D eigenvalue weighted by Gasteiger charge is -2.08. The van der Waals surface area contributed by atoms with Gasteiger partial charge in [-0.15, -0.1) is 0 Å². The van der Waals surface area contributed by atoms with Crippen LogP contribution in [0, 0.1) is 0 Å². The third-order valence-corrected chi connectivity index (χ3v) is 2.72. The second-order valence-corrected chi connectivity index (χ2v) is 4.06. The first kappa shape index (κ1) is 11.4. The van der Waals surface area contributed by atoms with Crippen LogP contribution in [0.1, 0.15) is 5.82 Å². The fraction of sp³-hybridized carbons (Fsp3) is 0.167. The molecule has 96 valence electrons. The van der Waals surface area contributed by atoms with Crippen LogP contribution in [0.25, 0.3) is 11.0 Å². The smallest absolute Gasteiger partial charge is 0.169 e. The Hall–Kier alpha value is -2.70. The summed E-state index contributed by atoms with van der Waals surface area (Å²) in [6.07, 6.45) is 2.20. The number of hydrogen-bond donors (Lipinski definition) is 3. The molecule has 0 fully saturated rings. The molecular weight excluding hydrogens is 242 g/mol. The largest absolute Gasteiger partial charge is 0.381 e. The number of nitrogens with two attached hydrogens (primary N) is 1. The lowest BCUT2D eigenvalue weighted by Crippen LogP contribution is -2.10. The van der Waals surface area contributed by atoms with E-state index in [0.29, 0.717) is 24.6 Å². The van der Waals surface area contributed by atoms with Crippen molar-refractivity contribution in [2.24, 2.45) is 0 Å². The van der Waals surface area contributed by atoms with Gasteiger partial charge in [0.15, 0.2) is 11.6 Å². The summed E-state index contributed by atoms with van der Waals surface area (Å²) in [6.45, 7) is 0.659. The number of aromatic amines is 1. The van der Waals surface area contributed by atoms with Gasteiger partial charge in [-0.25, -0.2) is 15.0 Å². The maximum absolute atomic E-state index is 5.87. The summed E-state index contributed by atoms with van der Waals surface area (Å²) in [4.78, 5) is 12.8. The average molecular weight is 255 g/mol. The van der Waals surface area contributed by atoms with Crippen molar-refractivity contribution in [2.75, 3.05) is 17.6 Å². The van der Waals surface area contributed by atoms with Crippen molar-refractivity contribution in [1.29, 1.82) is 0 Å². The number of para-hydroxylation sites is 2. The van der Waals surface area contributed by atoms with Gasteiger partial charge in [0, 0.05) is 13.0 Å². The number of nitrogens with one attached hydrogen (secondary N) is 2. The molecule has 0 saturated carbocycles. The Balaban J connectivity index is 1.75. The Labute approximate surface area is 109 Å². The highest BCUT2D eigenvalue weighted by atomic mass is 15.2. The van der Waals surface area contributed by atoms with Crippen LogP contribution < -0.4 is 11.1 Å². The Kier molecular flexibility index (Phi) is 2.93. The molecule has 3 aromatic rings. The first-order valence-corrected chi connectivity index (χ1v) is 5.93. The number of hydrogen-bond acceptors (Lipinski definition) is 6. The van der Waals surface area contributed by atoms with E-state index in [1.165, 1.54) is 6.33 Å². The highest BCUT2D eigenvalue weighted by Crippen LogP contribution is 2.17. The van der Waals surface area contributed by atoms with Crippen molar-refractivity contribution < 1.29 is 0 Å². The summed E-state index contributed by atoms with van der Waals surface area (Å²) < 4.78 is 0. The molecule has 0 saturated heterocycles. The van der Waals surface area contributed by atoms with Crippen LogP contribution in [0.3, 0.4) is 0 Å². The van der Waals surface area contributed by atoms with Gasteiger partial charge in [0.05, 0.1) is 11.0 Å². The summed E-state index contributed by atoms with van der Waals surface area (Å²) >= 11 is 0. The normalized spacial score (nSPS) is 10.7. The predicted octanol–water partition coefficient (Wildman–Crippen LogP) is 0.985. The van der Waals surface area contributed by atoms with Gasteiger partial charge < -0.3 is 11.1 Å². The SMILES string of the molecule is Nc1nc2ccccc2nc1NCCc1ncn[nH]1. The maximum atomic E-state index is 5.87. The van der Waals surface area contributed by atoms with Crippen LogP contribution in [0.5, 0.6) is 0 Å². The zero-order valence-electron chi connectivity index (χ0n) is 10.2. The second kappa shape index (κ2) is 4.89. The van der Waals surface area contributed by atoms with Crippen LogP contribution in [0.2, 0.25) is 0 Å². The predicted molar refractivity (Wildman–Crippen MR) is 72.5 cm³/mol. The fourth-order valence-corrected chi connectivity index (χ4v) is 1.79.